The molecule has 1 saturated heterocycles. The van der Waals surface area contributed by atoms with Crippen molar-refractivity contribution < 1.29 is 9.59 Å². The smallest absolute Gasteiger partial charge is 0.250 e. The minimum Gasteiger partial charge on any atom is -0.304 e. The van der Waals surface area contributed by atoms with Crippen molar-refractivity contribution in [1.29, 1.82) is 0 Å². The fourth-order valence-corrected chi connectivity index (χ4v) is 4.60. The summed E-state index contributed by atoms with van der Waals surface area (Å²) in [6, 6.07) is 7.73. The molecule has 1 amide bonds. The van der Waals surface area contributed by atoms with Gasteiger partial charge in [0.2, 0.25) is 5.91 Å². The number of hydrogen-bond donors (Lipinski definition) is 1. The van der Waals surface area contributed by atoms with Crippen molar-refractivity contribution in [2.75, 3.05) is 0 Å². The largest absolute Gasteiger partial charge is 0.304 e. The van der Waals surface area contributed by atoms with Crippen molar-refractivity contribution in [2.45, 2.75) is 42.4 Å². The van der Waals surface area contributed by atoms with Crippen molar-refractivity contribution in [3.63, 3.8) is 0 Å². The molecule has 1 heterocycles. The van der Waals surface area contributed by atoms with Crippen LogP contribution >= 0.6 is 23.4 Å². The van der Waals surface area contributed by atoms with Gasteiger partial charge in [-0.2, -0.15) is 0 Å². The van der Waals surface area contributed by atoms with Crippen LogP contribution in [0, 0.1) is 0 Å². The number of Topliss-reactive ketones (excluding diaryl/α,β-unsaturated/α-hetero) is 1. The van der Waals surface area contributed by atoms with Crippen molar-refractivity contribution in [1.82, 2.24) is 5.32 Å². The van der Waals surface area contributed by atoms with E-state index in [1.54, 1.807) is 0 Å². The molecule has 0 bridgehead atoms. The van der Waals surface area contributed by atoms with Crippen LogP contribution in [0.5, 0.6) is 0 Å². The molecule has 6 heteroatoms. The molecule has 0 aromatic heterocycles. The van der Waals surface area contributed by atoms with Gasteiger partial charge in [-0.3, -0.25) is 14.6 Å². The van der Waals surface area contributed by atoms with Crippen LogP contribution in [0.25, 0.3) is 0 Å². The first-order chi connectivity index (χ1) is 10.5. The van der Waals surface area contributed by atoms with E-state index < -0.39 is 4.75 Å². The van der Waals surface area contributed by atoms with E-state index in [1.165, 1.54) is 11.8 Å². The molecule has 114 valence electrons. The lowest BCUT2D eigenvalue weighted by molar-refractivity contribution is -0.135. The molecule has 1 aromatic carbocycles. The summed E-state index contributed by atoms with van der Waals surface area (Å²) in [4.78, 5) is 28.8. The highest BCUT2D eigenvalue weighted by atomic mass is 35.5. The Morgan fingerprint density at radius 3 is 2.32 bits per heavy atom. The number of aliphatic imine (C=N–C) groups is 1. The molecule has 1 spiro atoms. The Labute approximate surface area is 137 Å². The third-order valence-electron chi connectivity index (χ3n) is 4.89. The summed E-state index contributed by atoms with van der Waals surface area (Å²) in [6.45, 7) is 0. The Hall–Kier alpha value is -1.33. The van der Waals surface area contributed by atoms with Crippen LogP contribution in [0.15, 0.2) is 29.3 Å². The van der Waals surface area contributed by atoms with Gasteiger partial charge in [-0.05, 0) is 43.4 Å². The second kappa shape index (κ2) is 4.83. The fraction of sp³-hybridized carbons (Fsp3) is 0.438. The zero-order valence-electron chi connectivity index (χ0n) is 11.9. The monoisotopic (exact) mass is 334 g/mol. The van der Waals surface area contributed by atoms with Gasteiger partial charge in [0.05, 0.1) is 5.54 Å². The van der Waals surface area contributed by atoms with Gasteiger partial charge in [-0.15, -0.1) is 0 Å². The van der Waals surface area contributed by atoms with Crippen LogP contribution in [0.4, 0.5) is 0 Å². The number of carbonyl (C=O) groups is 2. The summed E-state index contributed by atoms with van der Waals surface area (Å²) < 4.78 is -0.885. The number of amides is 1. The zero-order chi connectivity index (χ0) is 15.4. The Morgan fingerprint density at radius 2 is 1.86 bits per heavy atom. The van der Waals surface area contributed by atoms with Gasteiger partial charge in [0, 0.05) is 11.4 Å². The number of ketones is 1. The maximum atomic E-state index is 12.1. The van der Waals surface area contributed by atoms with Crippen molar-refractivity contribution in [3.05, 3.63) is 34.9 Å². The average Bonchev–Trinajstić information content (AvgIpc) is 2.81. The summed E-state index contributed by atoms with van der Waals surface area (Å²) >= 11 is 7.26. The third kappa shape index (κ3) is 1.95. The van der Waals surface area contributed by atoms with E-state index in [0.29, 0.717) is 23.0 Å². The van der Waals surface area contributed by atoms with Gasteiger partial charge in [0.1, 0.15) is 0 Å². The zero-order valence-corrected chi connectivity index (χ0v) is 13.5. The second-order valence-corrected chi connectivity index (χ2v) is 7.84. The number of rotatable bonds is 2. The molecule has 1 N–H and O–H groups in total. The third-order valence-corrected chi connectivity index (χ3v) is 6.49. The molecular weight excluding hydrogens is 320 g/mol. The minimum absolute atomic E-state index is 0.0225. The number of nitrogens with one attached hydrogen (secondary N) is 1. The van der Waals surface area contributed by atoms with E-state index >= 15 is 0 Å². The highest BCUT2D eigenvalue weighted by molar-refractivity contribution is 8.17. The van der Waals surface area contributed by atoms with Gasteiger partial charge >= 0.3 is 0 Å². The topological polar surface area (TPSA) is 58.5 Å². The van der Waals surface area contributed by atoms with E-state index in [0.717, 1.165) is 24.8 Å². The summed E-state index contributed by atoms with van der Waals surface area (Å²) in [6.07, 6.45) is 4.14. The number of thioether (sulfide) groups is 1. The fourth-order valence-electron chi connectivity index (χ4n) is 3.22. The maximum Gasteiger partial charge on any atom is 0.250 e. The lowest BCUT2D eigenvalue weighted by Crippen LogP contribution is -2.51. The van der Waals surface area contributed by atoms with E-state index in [1.807, 2.05) is 24.3 Å². The van der Waals surface area contributed by atoms with E-state index in [-0.39, 0.29) is 17.2 Å². The molecule has 1 aromatic rings. The molecule has 1 aliphatic heterocycles. The van der Waals surface area contributed by atoms with E-state index in [4.69, 9.17) is 16.6 Å². The Kier molecular flexibility index (Phi) is 3.13. The number of amidine groups is 1. The Balaban J connectivity index is 1.65. The van der Waals surface area contributed by atoms with E-state index in [2.05, 4.69) is 5.32 Å². The van der Waals surface area contributed by atoms with Crippen LogP contribution < -0.4 is 5.32 Å². The molecular formula is C16H15ClN2O2S. The van der Waals surface area contributed by atoms with Crippen LogP contribution in [-0.2, 0) is 15.1 Å². The molecule has 2 aliphatic carbocycles. The maximum absolute atomic E-state index is 12.1. The SMILES string of the molecule is O=C1CCC12SC(=NC1(c3ccc(Cl)cc3)CCC1)NC2=O. The molecule has 3 fully saturated rings. The molecule has 4 nitrogen and oxygen atoms in total. The summed E-state index contributed by atoms with van der Waals surface area (Å²) in [7, 11) is 0. The summed E-state index contributed by atoms with van der Waals surface area (Å²) in [5.74, 6) is -0.174. The number of hydrogen-bond acceptors (Lipinski definition) is 4. The quantitative estimate of drug-likeness (QED) is 0.846. The van der Waals surface area contributed by atoms with Gasteiger partial charge in [-0.25, -0.2) is 0 Å². The minimum atomic E-state index is -0.885. The average molecular weight is 335 g/mol. The Bertz CT molecular complexity index is 697. The molecule has 3 aliphatic rings. The summed E-state index contributed by atoms with van der Waals surface area (Å²) in [5, 5.41) is 4.10. The molecule has 1 atom stereocenters. The summed E-state index contributed by atoms with van der Waals surface area (Å²) in [5.41, 5.74) is 0.838. The van der Waals surface area contributed by atoms with Crippen molar-refractivity contribution in [2.24, 2.45) is 4.99 Å². The molecule has 0 radical (unpaired) electrons. The lowest BCUT2D eigenvalue weighted by Gasteiger charge is -2.39. The predicted octanol–water partition coefficient (Wildman–Crippen LogP) is 3.04. The first kappa shape index (κ1) is 14.3. The van der Waals surface area contributed by atoms with E-state index in [9.17, 15) is 9.59 Å². The van der Waals surface area contributed by atoms with Crippen LogP contribution in [0.2, 0.25) is 5.02 Å². The van der Waals surface area contributed by atoms with Gasteiger partial charge in [-0.1, -0.05) is 35.5 Å². The van der Waals surface area contributed by atoms with Gasteiger partial charge < -0.3 is 5.32 Å². The highest BCUT2D eigenvalue weighted by Gasteiger charge is 2.58. The molecule has 22 heavy (non-hydrogen) atoms. The number of nitrogens with zero attached hydrogens (tertiary/aromatic N) is 1. The molecule has 2 saturated carbocycles. The second-order valence-electron chi connectivity index (χ2n) is 6.12. The van der Waals surface area contributed by atoms with Crippen LogP contribution in [-0.4, -0.2) is 21.6 Å². The molecule has 4 rings (SSSR count). The molecule has 1 unspecified atom stereocenters. The van der Waals surface area contributed by atoms with Crippen molar-refractivity contribution in [3.8, 4) is 0 Å². The van der Waals surface area contributed by atoms with Crippen molar-refractivity contribution >= 4 is 40.2 Å². The van der Waals surface area contributed by atoms with Gasteiger partial charge in [0.15, 0.2) is 15.7 Å². The highest BCUT2D eigenvalue weighted by Crippen LogP contribution is 2.49. The Morgan fingerprint density at radius 1 is 1.14 bits per heavy atom. The lowest BCUT2D eigenvalue weighted by atomic mass is 9.72. The normalized spacial score (nSPS) is 31.0. The first-order valence-corrected chi connectivity index (χ1v) is 8.63. The van der Waals surface area contributed by atoms with Gasteiger partial charge in [0.25, 0.3) is 0 Å². The standard InChI is InChI=1S/C16H15ClN2O2S/c17-11-4-2-10(3-5-11)15(7-1-8-15)19-14-18-13(21)16(22-14)9-6-12(16)20/h2-5H,1,6-9H2,(H,18,19,21). The van der Waals surface area contributed by atoms with Crippen LogP contribution in [0.3, 0.4) is 0 Å². The number of benzene rings is 1. The van der Waals surface area contributed by atoms with Crippen LogP contribution in [0.1, 0.15) is 37.7 Å². The first-order valence-electron chi connectivity index (χ1n) is 7.44. The number of carbonyl (C=O) groups excluding carboxylic acids is 2. The number of halogens is 1. The predicted molar refractivity (Wildman–Crippen MR) is 87.1 cm³/mol.